The highest BCUT2D eigenvalue weighted by molar-refractivity contribution is 5.71. The normalized spacial score (nSPS) is 14.8. The third-order valence-corrected chi connectivity index (χ3v) is 3.51. The van der Waals surface area contributed by atoms with Gasteiger partial charge in [0.1, 0.15) is 12.2 Å². The van der Waals surface area contributed by atoms with E-state index in [1.807, 2.05) is 30.3 Å². The van der Waals surface area contributed by atoms with Crippen LogP contribution in [0.3, 0.4) is 0 Å². The lowest BCUT2D eigenvalue weighted by atomic mass is 10.1. The Morgan fingerprint density at radius 1 is 1.08 bits per heavy atom. The summed E-state index contributed by atoms with van der Waals surface area (Å²) in [6, 6.07) is 9.29. The second-order valence-corrected chi connectivity index (χ2v) is 6.90. The number of rotatable bonds is 3. The third kappa shape index (κ3) is 6.62. The number of likely N-dealkylation sites (tertiary alicyclic amines) is 1. The smallest absolute Gasteiger partial charge is 0.440 e. The highest BCUT2D eigenvalue weighted by Crippen LogP contribution is 2.15. The van der Waals surface area contributed by atoms with Crippen LogP contribution in [0.15, 0.2) is 30.3 Å². The van der Waals surface area contributed by atoms with E-state index in [2.05, 4.69) is 0 Å². The summed E-state index contributed by atoms with van der Waals surface area (Å²) in [4.78, 5) is 36.6. The molecular formula is C18H26N2O5. The molecule has 1 saturated heterocycles. The third-order valence-electron chi connectivity index (χ3n) is 3.51. The fourth-order valence-electron chi connectivity index (χ4n) is 2.33. The van der Waals surface area contributed by atoms with Crippen LogP contribution in [0.1, 0.15) is 45.6 Å². The Morgan fingerprint density at radius 3 is 2.32 bits per heavy atom. The Hall–Kier alpha value is -2.28. The maximum atomic E-state index is 12.3. The quantitative estimate of drug-likeness (QED) is 0.774. The monoisotopic (exact) mass is 350 g/mol. The number of hydrogen-bond acceptors (Lipinski definition) is 5. The molecule has 1 heterocycles. The molecule has 0 atom stereocenters. The molecule has 1 aromatic rings. The maximum absolute atomic E-state index is 12.3. The summed E-state index contributed by atoms with van der Waals surface area (Å²) in [5, 5.41) is 0.537. The van der Waals surface area contributed by atoms with Crippen molar-refractivity contribution in [2.45, 2.75) is 52.2 Å². The van der Waals surface area contributed by atoms with Crippen molar-refractivity contribution in [3.63, 3.8) is 0 Å². The zero-order valence-corrected chi connectivity index (χ0v) is 15.1. The molecule has 2 rings (SSSR count). The van der Waals surface area contributed by atoms with E-state index in [9.17, 15) is 9.59 Å². The van der Waals surface area contributed by atoms with Gasteiger partial charge in [0.05, 0.1) is 0 Å². The number of benzene rings is 1. The fraction of sp³-hybridized carbons (Fsp3) is 0.556. The molecule has 0 saturated carbocycles. The molecule has 0 spiro atoms. The van der Waals surface area contributed by atoms with Crippen LogP contribution in [0.25, 0.3) is 0 Å². The average Bonchev–Trinajstić information content (AvgIpc) is 2.58. The Labute approximate surface area is 148 Å². The molecule has 0 unspecified atom stereocenters. The predicted octanol–water partition coefficient (Wildman–Crippen LogP) is 3.89. The first kappa shape index (κ1) is 19.1. The van der Waals surface area contributed by atoms with E-state index in [0.717, 1.165) is 24.8 Å². The van der Waals surface area contributed by atoms with Crippen molar-refractivity contribution in [3.8, 4) is 0 Å². The van der Waals surface area contributed by atoms with Gasteiger partial charge in [0.15, 0.2) is 0 Å². The van der Waals surface area contributed by atoms with Gasteiger partial charge in [0.25, 0.3) is 0 Å². The van der Waals surface area contributed by atoms with Crippen molar-refractivity contribution in [1.29, 1.82) is 0 Å². The maximum Gasteiger partial charge on any atom is 0.470 e. The number of piperidine rings is 1. The minimum Gasteiger partial charge on any atom is -0.440 e. The second kappa shape index (κ2) is 8.71. The van der Waals surface area contributed by atoms with Gasteiger partial charge in [-0.1, -0.05) is 30.3 Å². The van der Waals surface area contributed by atoms with Crippen molar-refractivity contribution in [1.82, 2.24) is 10.1 Å². The Morgan fingerprint density at radius 2 is 1.72 bits per heavy atom. The summed E-state index contributed by atoms with van der Waals surface area (Å²) < 4.78 is 5.24. The number of ether oxygens (including phenoxy) is 1. The molecule has 0 aromatic heterocycles. The van der Waals surface area contributed by atoms with Gasteiger partial charge in [-0.2, -0.15) is 0 Å². The molecule has 138 valence electrons. The lowest BCUT2D eigenvalue weighted by Gasteiger charge is -2.29. The zero-order valence-electron chi connectivity index (χ0n) is 15.1. The molecule has 0 bridgehead atoms. The molecule has 0 aliphatic carbocycles. The van der Waals surface area contributed by atoms with Crippen molar-refractivity contribution < 1.29 is 24.0 Å². The molecule has 7 nitrogen and oxygen atoms in total. The highest BCUT2D eigenvalue weighted by atomic mass is 17.0. The van der Waals surface area contributed by atoms with Crippen LogP contribution in [-0.2, 0) is 21.0 Å². The van der Waals surface area contributed by atoms with Crippen LogP contribution in [0.2, 0.25) is 0 Å². The van der Waals surface area contributed by atoms with Crippen molar-refractivity contribution in [3.05, 3.63) is 35.9 Å². The molecular weight excluding hydrogens is 324 g/mol. The van der Waals surface area contributed by atoms with E-state index in [1.54, 1.807) is 25.7 Å². The first-order chi connectivity index (χ1) is 11.8. The lowest BCUT2D eigenvalue weighted by Crippen LogP contribution is -2.43. The molecule has 1 aliphatic rings. The first-order valence-corrected chi connectivity index (χ1v) is 8.52. The molecule has 7 heteroatoms. The van der Waals surface area contributed by atoms with Crippen LogP contribution in [0.4, 0.5) is 9.59 Å². The molecule has 2 amide bonds. The van der Waals surface area contributed by atoms with Gasteiger partial charge in [0.2, 0.25) is 0 Å². The second-order valence-electron chi connectivity index (χ2n) is 6.90. The average molecular weight is 350 g/mol. The van der Waals surface area contributed by atoms with Gasteiger partial charge >= 0.3 is 12.2 Å². The van der Waals surface area contributed by atoms with Crippen molar-refractivity contribution in [2.24, 2.45) is 0 Å². The number of hydroxylamine groups is 2. The Bertz CT molecular complexity index is 565. The van der Waals surface area contributed by atoms with Gasteiger partial charge in [-0.15, -0.1) is 0 Å². The summed E-state index contributed by atoms with van der Waals surface area (Å²) in [6.45, 7) is 6.49. The van der Waals surface area contributed by atoms with Crippen LogP contribution in [0, 0.1) is 0 Å². The predicted molar refractivity (Wildman–Crippen MR) is 91.2 cm³/mol. The van der Waals surface area contributed by atoms with Gasteiger partial charge in [-0.05, 0) is 45.6 Å². The number of carbonyl (C=O) groups excluding carboxylic acids is 2. The van der Waals surface area contributed by atoms with E-state index in [1.165, 1.54) is 0 Å². The van der Waals surface area contributed by atoms with E-state index >= 15 is 0 Å². The standard InChI is InChI=1S/C18H26N2O5/c1-18(2,3)24-17(22)20(23-14-15-10-6-4-7-11-15)25-16(21)19-12-8-5-9-13-19/h4,6-7,10-11H,5,8-9,12-14H2,1-3H3. The van der Waals surface area contributed by atoms with Crippen LogP contribution in [-0.4, -0.2) is 41.0 Å². The van der Waals surface area contributed by atoms with Gasteiger partial charge in [-0.25, -0.2) is 14.4 Å². The summed E-state index contributed by atoms with van der Waals surface area (Å²) in [5.74, 6) is 0. The largest absolute Gasteiger partial charge is 0.470 e. The number of amides is 2. The van der Waals surface area contributed by atoms with E-state index in [-0.39, 0.29) is 6.61 Å². The number of hydrogen-bond donors (Lipinski definition) is 0. The Balaban J connectivity index is 1.99. The summed E-state index contributed by atoms with van der Waals surface area (Å²) in [6.07, 6.45) is 1.45. The van der Waals surface area contributed by atoms with Gasteiger partial charge in [0, 0.05) is 18.3 Å². The zero-order chi connectivity index (χ0) is 18.3. The molecule has 1 fully saturated rings. The van der Waals surface area contributed by atoms with Crippen LogP contribution >= 0.6 is 0 Å². The Kier molecular flexibility index (Phi) is 6.64. The SMILES string of the molecule is CC(C)(C)OC(=O)N(OCc1ccccc1)OC(=O)N1CCCCC1. The van der Waals surface area contributed by atoms with E-state index < -0.39 is 17.8 Å². The topological polar surface area (TPSA) is 68.3 Å². The summed E-state index contributed by atoms with van der Waals surface area (Å²) in [5.41, 5.74) is 0.105. The molecule has 0 radical (unpaired) electrons. The molecule has 1 aromatic carbocycles. The minimum atomic E-state index is -0.867. The van der Waals surface area contributed by atoms with Crippen molar-refractivity contribution >= 4 is 12.2 Å². The highest BCUT2D eigenvalue weighted by Gasteiger charge is 2.29. The van der Waals surface area contributed by atoms with Crippen LogP contribution in [0.5, 0.6) is 0 Å². The first-order valence-electron chi connectivity index (χ1n) is 8.52. The van der Waals surface area contributed by atoms with Crippen LogP contribution < -0.4 is 0 Å². The van der Waals surface area contributed by atoms with Gasteiger partial charge in [-0.3, -0.25) is 4.84 Å². The van der Waals surface area contributed by atoms with Crippen molar-refractivity contribution in [2.75, 3.05) is 13.1 Å². The fourth-order valence-corrected chi connectivity index (χ4v) is 2.33. The molecule has 0 N–H and O–H groups in total. The minimum absolute atomic E-state index is 0.0767. The summed E-state index contributed by atoms with van der Waals surface area (Å²) >= 11 is 0. The number of carbonyl (C=O) groups is 2. The summed E-state index contributed by atoms with van der Waals surface area (Å²) in [7, 11) is 0. The number of nitrogens with zero attached hydrogens (tertiary/aromatic N) is 2. The molecule has 1 aliphatic heterocycles. The van der Waals surface area contributed by atoms with Gasteiger partial charge < -0.3 is 9.64 Å². The lowest BCUT2D eigenvalue weighted by molar-refractivity contribution is -0.316. The van der Waals surface area contributed by atoms with E-state index in [4.69, 9.17) is 14.4 Å². The molecule has 25 heavy (non-hydrogen) atoms. The van der Waals surface area contributed by atoms with E-state index in [0.29, 0.717) is 18.3 Å².